The molecule has 1 N–H and O–H groups in total. The van der Waals surface area contributed by atoms with Crippen LogP contribution in [0.4, 0.5) is 4.79 Å². The van der Waals surface area contributed by atoms with Crippen LogP contribution in [-0.4, -0.2) is 22.3 Å². The van der Waals surface area contributed by atoms with Gasteiger partial charge in [0.25, 0.3) is 0 Å². The van der Waals surface area contributed by atoms with Crippen LogP contribution < -0.4 is 5.69 Å². The zero-order valence-corrected chi connectivity index (χ0v) is 10.3. The fourth-order valence-electron chi connectivity index (χ4n) is 1.47. The maximum atomic E-state index is 11.6. The van der Waals surface area contributed by atoms with Gasteiger partial charge in [0, 0.05) is 0 Å². The molecule has 2 rings (SSSR count). The van der Waals surface area contributed by atoms with Crippen LogP contribution in [0.3, 0.4) is 0 Å². The monoisotopic (exact) mass is 274 g/mol. The quantitative estimate of drug-likeness (QED) is 0.870. The summed E-state index contributed by atoms with van der Waals surface area (Å²) < 4.78 is 5.65. The van der Waals surface area contributed by atoms with Crippen LogP contribution in [-0.2, 0) is 4.74 Å². The molecule has 0 aliphatic heterocycles. The van der Waals surface area contributed by atoms with Gasteiger partial charge in [-0.1, -0.05) is 23.2 Å². The Morgan fingerprint density at radius 1 is 1.41 bits per heavy atom. The van der Waals surface area contributed by atoms with Gasteiger partial charge in [0.05, 0.1) is 27.7 Å². The average Bonchev–Trinajstić information content (AvgIpc) is 2.55. The lowest BCUT2D eigenvalue weighted by Gasteiger charge is -2.02. The summed E-state index contributed by atoms with van der Waals surface area (Å²) >= 11 is 11.6. The Kier molecular flexibility index (Phi) is 3.13. The Labute approximate surface area is 106 Å². The molecule has 5 nitrogen and oxygen atoms in total. The number of ether oxygens (including phenoxy) is 1. The third kappa shape index (κ3) is 2.03. The van der Waals surface area contributed by atoms with Crippen molar-refractivity contribution in [1.29, 1.82) is 0 Å². The number of aromatic nitrogens is 2. The number of nitrogens with zero attached hydrogens (tertiary/aromatic N) is 1. The molecule has 0 unspecified atom stereocenters. The van der Waals surface area contributed by atoms with Crippen molar-refractivity contribution in [2.75, 3.05) is 6.61 Å². The molecular weight excluding hydrogens is 267 g/mol. The van der Waals surface area contributed by atoms with E-state index in [1.165, 1.54) is 12.1 Å². The summed E-state index contributed by atoms with van der Waals surface area (Å²) in [5.74, 6) is 0. The summed E-state index contributed by atoms with van der Waals surface area (Å²) in [6.45, 7) is 1.83. The van der Waals surface area contributed by atoms with E-state index in [0.717, 1.165) is 4.57 Å². The van der Waals surface area contributed by atoms with Crippen LogP contribution in [0.5, 0.6) is 0 Å². The molecule has 0 bridgehead atoms. The van der Waals surface area contributed by atoms with Gasteiger partial charge in [0.1, 0.15) is 0 Å². The van der Waals surface area contributed by atoms with Crippen molar-refractivity contribution in [3.63, 3.8) is 0 Å². The Hall–Kier alpha value is -1.46. The standard InChI is InChI=1S/C10H8Cl2N2O3/c1-2-17-10(16)14-8-4-6(12)5(11)3-7(8)13-9(14)15/h3-4H,2H2,1H3,(H,13,15). The summed E-state index contributed by atoms with van der Waals surface area (Å²) in [5, 5.41) is 0.563. The maximum Gasteiger partial charge on any atom is 0.422 e. The van der Waals surface area contributed by atoms with Crippen molar-refractivity contribution < 1.29 is 9.53 Å². The summed E-state index contributed by atoms with van der Waals surface area (Å²) in [6, 6.07) is 2.92. The summed E-state index contributed by atoms with van der Waals surface area (Å²) in [5.41, 5.74) is 0.178. The minimum absolute atomic E-state index is 0.180. The van der Waals surface area contributed by atoms with E-state index in [4.69, 9.17) is 27.9 Å². The van der Waals surface area contributed by atoms with Crippen molar-refractivity contribution in [3.05, 3.63) is 32.7 Å². The Bertz CT molecular complexity index is 645. The Morgan fingerprint density at radius 3 is 2.71 bits per heavy atom. The summed E-state index contributed by atoms with van der Waals surface area (Å²) in [6.07, 6.45) is -0.748. The molecule has 0 aliphatic carbocycles. The predicted octanol–water partition coefficient (Wildman–Crippen LogP) is 2.64. The van der Waals surface area contributed by atoms with Crippen molar-refractivity contribution in [1.82, 2.24) is 9.55 Å². The van der Waals surface area contributed by atoms with E-state index in [1.54, 1.807) is 6.92 Å². The van der Waals surface area contributed by atoms with E-state index < -0.39 is 11.8 Å². The van der Waals surface area contributed by atoms with Gasteiger partial charge < -0.3 is 9.72 Å². The number of hydrogen-bond donors (Lipinski definition) is 1. The van der Waals surface area contributed by atoms with Gasteiger partial charge in [-0.2, -0.15) is 4.57 Å². The van der Waals surface area contributed by atoms with E-state index in [1.807, 2.05) is 0 Å². The molecule has 0 fully saturated rings. The highest BCUT2D eigenvalue weighted by atomic mass is 35.5. The lowest BCUT2D eigenvalue weighted by molar-refractivity contribution is 0.154. The molecule has 0 spiro atoms. The molecule has 2 aromatic rings. The number of halogens is 2. The van der Waals surface area contributed by atoms with E-state index in [0.29, 0.717) is 16.1 Å². The zero-order valence-electron chi connectivity index (χ0n) is 8.79. The summed E-state index contributed by atoms with van der Waals surface area (Å²) in [7, 11) is 0. The first-order valence-electron chi connectivity index (χ1n) is 4.81. The van der Waals surface area contributed by atoms with Crippen LogP contribution in [0.15, 0.2) is 16.9 Å². The number of nitrogens with one attached hydrogen (secondary N) is 1. The van der Waals surface area contributed by atoms with E-state index in [2.05, 4.69) is 4.98 Å². The third-order valence-corrected chi connectivity index (χ3v) is 2.90. The normalized spacial score (nSPS) is 10.8. The number of hydrogen-bond acceptors (Lipinski definition) is 3. The van der Waals surface area contributed by atoms with E-state index in [-0.39, 0.29) is 11.6 Å². The van der Waals surface area contributed by atoms with Crippen molar-refractivity contribution in [2.24, 2.45) is 0 Å². The van der Waals surface area contributed by atoms with Gasteiger partial charge in [-0.25, -0.2) is 9.59 Å². The number of carbonyl (C=O) groups is 1. The minimum atomic E-state index is -0.748. The molecule has 1 aromatic heterocycles. The van der Waals surface area contributed by atoms with Crippen LogP contribution >= 0.6 is 23.2 Å². The van der Waals surface area contributed by atoms with Crippen molar-refractivity contribution >= 4 is 40.3 Å². The number of imidazole rings is 1. The van der Waals surface area contributed by atoms with Gasteiger partial charge in [-0.05, 0) is 19.1 Å². The van der Waals surface area contributed by atoms with Crippen molar-refractivity contribution in [2.45, 2.75) is 6.92 Å². The van der Waals surface area contributed by atoms with Gasteiger partial charge in [-0.3, -0.25) is 0 Å². The Morgan fingerprint density at radius 2 is 2.06 bits per heavy atom. The van der Waals surface area contributed by atoms with Crippen LogP contribution in [0.2, 0.25) is 10.0 Å². The van der Waals surface area contributed by atoms with E-state index >= 15 is 0 Å². The SMILES string of the molecule is CCOC(=O)n1c(=O)[nH]c2cc(Cl)c(Cl)cc21. The lowest BCUT2D eigenvalue weighted by atomic mass is 10.3. The number of rotatable bonds is 1. The molecule has 0 saturated heterocycles. The smallest absolute Gasteiger partial charge is 0.422 e. The molecule has 1 aromatic carbocycles. The number of H-pyrrole nitrogens is 1. The first kappa shape index (κ1) is 12.0. The molecular formula is C10H8Cl2N2O3. The second kappa shape index (κ2) is 4.43. The number of benzene rings is 1. The maximum absolute atomic E-state index is 11.6. The largest absolute Gasteiger partial charge is 0.449 e. The summed E-state index contributed by atoms with van der Waals surface area (Å²) in [4.78, 5) is 25.7. The second-order valence-corrected chi connectivity index (χ2v) is 4.06. The Balaban J connectivity index is 2.71. The zero-order chi connectivity index (χ0) is 12.6. The number of carbonyl (C=O) groups excluding carboxylic acids is 1. The molecule has 17 heavy (non-hydrogen) atoms. The third-order valence-electron chi connectivity index (χ3n) is 2.17. The highest BCUT2D eigenvalue weighted by Gasteiger charge is 2.16. The minimum Gasteiger partial charge on any atom is -0.449 e. The first-order chi connectivity index (χ1) is 8.04. The van der Waals surface area contributed by atoms with E-state index in [9.17, 15) is 9.59 Å². The lowest BCUT2D eigenvalue weighted by Crippen LogP contribution is -2.25. The number of fused-ring (bicyclic) bond motifs is 1. The van der Waals surface area contributed by atoms with Gasteiger partial charge in [-0.15, -0.1) is 0 Å². The van der Waals surface area contributed by atoms with Crippen LogP contribution in [0.1, 0.15) is 6.92 Å². The molecule has 0 amide bonds. The highest BCUT2D eigenvalue weighted by molar-refractivity contribution is 6.42. The first-order valence-corrected chi connectivity index (χ1v) is 5.57. The molecule has 1 heterocycles. The molecule has 0 radical (unpaired) electrons. The van der Waals surface area contributed by atoms with Crippen LogP contribution in [0.25, 0.3) is 11.0 Å². The molecule has 90 valence electrons. The molecule has 0 saturated carbocycles. The van der Waals surface area contributed by atoms with Gasteiger partial charge in [0.2, 0.25) is 0 Å². The topological polar surface area (TPSA) is 64.1 Å². The fraction of sp³-hybridized carbons (Fsp3) is 0.200. The second-order valence-electron chi connectivity index (χ2n) is 3.25. The fourth-order valence-corrected chi connectivity index (χ4v) is 1.79. The molecule has 7 heteroatoms. The molecule has 0 atom stereocenters. The molecule has 0 aliphatic rings. The van der Waals surface area contributed by atoms with Crippen molar-refractivity contribution in [3.8, 4) is 0 Å². The van der Waals surface area contributed by atoms with Gasteiger partial charge >= 0.3 is 11.8 Å². The number of aromatic amines is 1. The predicted molar refractivity (Wildman–Crippen MR) is 65.0 cm³/mol. The highest BCUT2D eigenvalue weighted by Crippen LogP contribution is 2.26. The van der Waals surface area contributed by atoms with Crippen LogP contribution in [0, 0.1) is 0 Å². The van der Waals surface area contributed by atoms with Gasteiger partial charge in [0.15, 0.2) is 0 Å². The average molecular weight is 275 g/mol.